The second kappa shape index (κ2) is 6.61. The average Bonchev–Trinajstić information content (AvgIpc) is 2.45. The quantitative estimate of drug-likeness (QED) is 0.667. The van der Waals surface area contributed by atoms with Gasteiger partial charge in [-0.3, -0.25) is 9.59 Å². The van der Waals surface area contributed by atoms with Crippen LogP contribution in [0.2, 0.25) is 0 Å². The van der Waals surface area contributed by atoms with Gasteiger partial charge in [-0.25, -0.2) is 0 Å². The van der Waals surface area contributed by atoms with Crippen LogP contribution in [-0.4, -0.2) is 31.5 Å². The van der Waals surface area contributed by atoms with Crippen LogP contribution in [0.1, 0.15) is 36.2 Å². The van der Waals surface area contributed by atoms with Gasteiger partial charge in [-0.1, -0.05) is 6.92 Å². The summed E-state index contributed by atoms with van der Waals surface area (Å²) in [5.74, 6) is -0.279. The lowest BCUT2D eigenvalue weighted by molar-refractivity contribution is -0.143. The van der Waals surface area contributed by atoms with Gasteiger partial charge < -0.3 is 14.8 Å². The molecule has 0 bridgehead atoms. The summed E-state index contributed by atoms with van der Waals surface area (Å²) in [7, 11) is 0. The van der Waals surface area contributed by atoms with Crippen LogP contribution in [0.15, 0.2) is 12.1 Å². The third-order valence-corrected chi connectivity index (χ3v) is 3.39. The van der Waals surface area contributed by atoms with Crippen LogP contribution in [0.5, 0.6) is 5.75 Å². The van der Waals surface area contributed by atoms with Gasteiger partial charge in [0, 0.05) is 12.5 Å². The normalized spacial score (nSPS) is 14.4. The van der Waals surface area contributed by atoms with Gasteiger partial charge in [-0.2, -0.15) is 0 Å². The van der Waals surface area contributed by atoms with Crippen molar-refractivity contribution in [1.82, 2.24) is 0 Å². The Morgan fingerprint density at radius 3 is 2.90 bits per heavy atom. The van der Waals surface area contributed by atoms with Gasteiger partial charge in [0.2, 0.25) is 0 Å². The molecule has 114 valence electrons. The molecule has 1 aliphatic rings. The number of anilines is 1. The Balaban J connectivity index is 2.22. The second-order valence-corrected chi connectivity index (χ2v) is 5.24. The summed E-state index contributed by atoms with van der Waals surface area (Å²) >= 11 is 0. The molecule has 1 aromatic carbocycles. The zero-order valence-corrected chi connectivity index (χ0v) is 12.7. The molecular formula is C16H21NO4. The Morgan fingerprint density at radius 1 is 1.43 bits per heavy atom. The van der Waals surface area contributed by atoms with Crippen molar-refractivity contribution < 1.29 is 19.1 Å². The van der Waals surface area contributed by atoms with Crippen molar-refractivity contribution in [2.24, 2.45) is 5.92 Å². The van der Waals surface area contributed by atoms with Gasteiger partial charge in [0.05, 0.1) is 24.3 Å². The van der Waals surface area contributed by atoms with Crippen molar-refractivity contribution in [1.29, 1.82) is 0 Å². The van der Waals surface area contributed by atoms with E-state index in [1.54, 1.807) is 13.8 Å². The summed E-state index contributed by atoms with van der Waals surface area (Å²) in [6.45, 7) is 7.01. The van der Waals surface area contributed by atoms with Crippen LogP contribution in [-0.2, 0) is 9.53 Å². The summed E-state index contributed by atoms with van der Waals surface area (Å²) < 4.78 is 10.5. The first-order chi connectivity index (χ1) is 10.0. The van der Waals surface area contributed by atoms with E-state index in [9.17, 15) is 9.59 Å². The number of carbonyl (C=O) groups excluding carboxylic acids is 2. The molecule has 0 aromatic heterocycles. The first kappa shape index (κ1) is 15.4. The summed E-state index contributed by atoms with van der Waals surface area (Å²) in [6, 6.07) is 3.77. The molecule has 0 fully saturated rings. The number of carbonyl (C=O) groups is 2. The maximum Gasteiger partial charge on any atom is 0.306 e. The molecule has 1 aromatic rings. The van der Waals surface area contributed by atoms with Gasteiger partial charge in [-0.05, 0) is 31.5 Å². The highest BCUT2D eigenvalue weighted by atomic mass is 16.5. The first-order valence-electron chi connectivity index (χ1n) is 7.24. The number of hydrogen-bond acceptors (Lipinski definition) is 5. The van der Waals surface area contributed by atoms with Crippen LogP contribution in [0.4, 0.5) is 5.69 Å². The molecule has 0 amide bonds. The number of aryl methyl sites for hydroxylation is 1. The van der Waals surface area contributed by atoms with Gasteiger partial charge in [0.15, 0.2) is 11.5 Å². The lowest BCUT2D eigenvalue weighted by Gasteiger charge is -2.23. The molecule has 2 rings (SSSR count). The molecule has 1 N–H and O–H groups in total. The Bertz CT molecular complexity index is 553. The zero-order valence-electron chi connectivity index (χ0n) is 12.7. The topological polar surface area (TPSA) is 64.6 Å². The van der Waals surface area contributed by atoms with Crippen molar-refractivity contribution in [2.45, 2.75) is 27.2 Å². The van der Waals surface area contributed by atoms with Crippen LogP contribution in [0, 0.1) is 12.8 Å². The van der Waals surface area contributed by atoms with Crippen LogP contribution >= 0.6 is 0 Å². The predicted molar refractivity (Wildman–Crippen MR) is 79.9 cm³/mol. The van der Waals surface area contributed by atoms with Gasteiger partial charge in [0.25, 0.3) is 0 Å². The van der Waals surface area contributed by atoms with Crippen molar-refractivity contribution in [3.8, 4) is 5.75 Å². The summed E-state index contributed by atoms with van der Waals surface area (Å²) in [5, 5.41) is 3.23. The number of ketones is 1. The van der Waals surface area contributed by atoms with E-state index in [1.165, 1.54) is 0 Å². The maximum atomic E-state index is 12.6. The Hall–Kier alpha value is -2.04. The lowest BCUT2D eigenvalue weighted by atomic mass is 9.94. The molecule has 0 saturated carbocycles. The SMILES string of the molecule is CCOC(=O)CC(C)C(=O)c1cc(C)cc2c1OCCN2. The molecule has 1 unspecified atom stereocenters. The smallest absolute Gasteiger partial charge is 0.306 e. The predicted octanol–water partition coefficient (Wildman–Crippen LogP) is 2.57. The van der Waals surface area contributed by atoms with Gasteiger partial charge in [-0.15, -0.1) is 0 Å². The molecule has 1 aliphatic heterocycles. The minimum atomic E-state index is -0.430. The van der Waals surface area contributed by atoms with E-state index in [0.717, 1.165) is 17.8 Å². The number of hydrogen-bond donors (Lipinski definition) is 1. The van der Waals surface area contributed by atoms with E-state index in [2.05, 4.69) is 5.32 Å². The largest absolute Gasteiger partial charge is 0.489 e. The number of rotatable bonds is 5. The minimum absolute atomic E-state index is 0.0861. The second-order valence-electron chi connectivity index (χ2n) is 5.24. The van der Waals surface area contributed by atoms with Crippen molar-refractivity contribution in [3.63, 3.8) is 0 Å². The third-order valence-electron chi connectivity index (χ3n) is 3.39. The molecular weight excluding hydrogens is 270 g/mol. The standard InChI is InChI=1S/C16H21NO4/c1-4-20-14(18)9-11(3)15(19)12-7-10(2)8-13-16(12)21-6-5-17-13/h7-8,11,17H,4-6,9H2,1-3H3. The van der Waals surface area contributed by atoms with E-state index in [-0.39, 0.29) is 18.2 Å². The Labute approximate surface area is 124 Å². The molecule has 0 spiro atoms. The third kappa shape index (κ3) is 3.54. The molecule has 1 atom stereocenters. The fraction of sp³-hybridized carbons (Fsp3) is 0.500. The monoisotopic (exact) mass is 291 g/mol. The van der Waals surface area contributed by atoms with Crippen LogP contribution in [0.3, 0.4) is 0 Å². The molecule has 5 heteroatoms. The highest BCUT2D eigenvalue weighted by molar-refractivity contribution is 6.03. The van der Waals surface area contributed by atoms with Crippen LogP contribution < -0.4 is 10.1 Å². The van der Waals surface area contributed by atoms with Gasteiger partial charge >= 0.3 is 5.97 Å². The van der Waals surface area contributed by atoms with E-state index < -0.39 is 5.92 Å². The lowest BCUT2D eigenvalue weighted by Crippen LogP contribution is -2.23. The van der Waals surface area contributed by atoms with E-state index in [0.29, 0.717) is 24.5 Å². The van der Waals surface area contributed by atoms with E-state index >= 15 is 0 Å². The number of Topliss-reactive ketones (excluding diaryl/α,β-unsaturated/α-hetero) is 1. The summed E-state index contributed by atoms with van der Waals surface area (Å²) in [6.07, 6.45) is 0.0861. The average molecular weight is 291 g/mol. The Morgan fingerprint density at radius 2 is 2.19 bits per heavy atom. The number of nitrogens with one attached hydrogen (secondary N) is 1. The minimum Gasteiger partial charge on any atom is -0.489 e. The number of fused-ring (bicyclic) bond motifs is 1. The number of esters is 1. The summed E-state index contributed by atoms with van der Waals surface area (Å²) in [5.41, 5.74) is 2.36. The van der Waals surface area contributed by atoms with Crippen molar-refractivity contribution in [3.05, 3.63) is 23.3 Å². The number of benzene rings is 1. The highest BCUT2D eigenvalue weighted by Gasteiger charge is 2.25. The first-order valence-corrected chi connectivity index (χ1v) is 7.24. The van der Waals surface area contributed by atoms with Crippen LogP contribution in [0.25, 0.3) is 0 Å². The van der Waals surface area contributed by atoms with Crippen molar-refractivity contribution >= 4 is 17.4 Å². The maximum absolute atomic E-state index is 12.6. The van der Waals surface area contributed by atoms with E-state index in [1.807, 2.05) is 19.1 Å². The molecule has 5 nitrogen and oxygen atoms in total. The molecule has 0 radical (unpaired) electrons. The molecule has 21 heavy (non-hydrogen) atoms. The fourth-order valence-electron chi connectivity index (χ4n) is 2.41. The highest BCUT2D eigenvalue weighted by Crippen LogP contribution is 2.34. The fourth-order valence-corrected chi connectivity index (χ4v) is 2.41. The summed E-state index contributed by atoms with van der Waals surface area (Å²) in [4.78, 5) is 24.1. The van der Waals surface area contributed by atoms with Gasteiger partial charge in [0.1, 0.15) is 6.61 Å². The Kier molecular flexibility index (Phi) is 4.83. The molecule has 1 heterocycles. The van der Waals surface area contributed by atoms with E-state index in [4.69, 9.17) is 9.47 Å². The van der Waals surface area contributed by atoms with Crippen molar-refractivity contribution in [2.75, 3.05) is 25.1 Å². The number of ether oxygens (including phenoxy) is 2. The molecule has 0 saturated heterocycles. The zero-order chi connectivity index (χ0) is 15.4. The molecule has 0 aliphatic carbocycles.